The third-order valence-corrected chi connectivity index (χ3v) is 4.75. The van der Waals surface area contributed by atoms with Crippen molar-refractivity contribution in [3.05, 3.63) is 29.6 Å². The van der Waals surface area contributed by atoms with Crippen LogP contribution in [0.5, 0.6) is 0 Å². The maximum absolute atomic E-state index is 4.66. The van der Waals surface area contributed by atoms with Gasteiger partial charge in [0.2, 0.25) is 0 Å². The summed E-state index contributed by atoms with van der Waals surface area (Å²) < 4.78 is 2.27. The highest BCUT2D eigenvalue weighted by molar-refractivity contribution is 9.09. The Bertz CT molecular complexity index is 522. The lowest BCUT2D eigenvalue weighted by molar-refractivity contribution is 0.787. The molecule has 1 heterocycles. The summed E-state index contributed by atoms with van der Waals surface area (Å²) in [5.74, 6) is 2.26. The lowest BCUT2D eigenvalue weighted by Crippen LogP contribution is -1.93. The smallest absolute Gasteiger partial charge is 0.116 e. The van der Waals surface area contributed by atoms with E-state index in [1.807, 2.05) is 11.9 Å². The normalized spacial score (nSPS) is 11.3. The van der Waals surface area contributed by atoms with E-state index in [4.69, 9.17) is 0 Å². The van der Waals surface area contributed by atoms with Gasteiger partial charge in [-0.05, 0) is 50.3 Å². The number of aryl methyl sites for hydroxylation is 2. The predicted octanol–water partition coefficient (Wildman–Crippen LogP) is 4.71. The number of benzene rings is 1. The number of rotatable bonds is 6. The van der Waals surface area contributed by atoms with Gasteiger partial charge in [0, 0.05) is 11.1 Å². The molecule has 1 aromatic carbocycles. The van der Waals surface area contributed by atoms with Crippen LogP contribution >= 0.6 is 27.9 Å². The van der Waals surface area contributed by atoms with E-state index in [0.717, 1.165) is 22.4 Å². The first kappa shape index (κ1) is 13.9. The minimum atomic E-state index is 1.10. The molecule has 98 valence electrons. The van der Waals surface area contributed by atoms with Gasteiger partial charge in [-0.1, -0.05) is 34.5 Å². The molecule has 0 saturated carbocycles. The van der Waals surface area contributed by atoms with Crippen molar-refractivity contribution >= 4 is 38.9 Å². The average molecular weight is 327 g/mol. The summed E-state index contributed by atoms with van der Waals surface area (Å²) in [6, 6.07) is 6.40. The highest BCUT2D eigenvalue weighted by atomic mass is 79.9. The highest BCUT2D eigenvalue weighted by Gasteiger charge is 2.08. The number of imidazole rings is 1. The molecule has 0 aliphatic heterocycles. The standard InChI is InChI=1S/C14H19BrN2S/c1-11-7-6-8-13-14(11)16-12(2)17(13)18-10-5-3-4-9-15/h6-8H,3-5,9-10H2,1-2H3. The Kier molecular flexibility index (Phi) is 5.13. The Labute approximate surface area is 121 Å². The Morgan fingerprint density at radius 1 is 1.22 bits per heavy atom. The van der Waals surface area contributed by atoms with Gasteiger partial charge in [0.05, 0.1) is 11.0 Å². The molecule has 0 aliphatic rings. The fourth-order valence-corrected chi connectivity index (χ4v) is 3.45. The fourth-order valence-electron chi connectivity index (χ4n) is 2.03. The Balaban J connectivity index is 2.08. The average Bonchev–Trinajstić information content (AvgIpc) is 2.68. The number of unbranched alkanes of at least 4 members (excludes halogenated alkanes) is 2. The molecule has 0 fully saturated rings. The Morgan fingerprint density at radius 3 is 2.83 bits per heavy atom. The van der Waals surface area contributed by atoms with Gasteiger partial charge in [0.15, 0.2) is 0 Å². The Morgan fingerprint density at radius 2 is 2.06 bits per heavy atom. The lowest BCUT2D eigenvalue weighted by Gasteiger charge is -2.05. The summed E-state index contributed by atoms with van der Waals surface area (Å²) in [5, 5.41) is 1.11. The van der Waals surface area contributed by atoms with Crippen molar-refractivity contribution in [1.29, 1.82) is 0 Å². The zero-order valence-electron chi connectivity index (χ0n) is 10.9. The van der Waals surface area contributed by atoms with Crippen molar-refractivity contribution in [2.24, 2.45) is 0 Å². The van der Waals surface area contributed by atoms with Crippen molar-refractivity contribution in [2.75, 3.05) is 11.1 Å². The molecule has 0 spiro atoms. The molecule has 2 nitrogen and oxygen atoms in total. The van der Waals surface area contributed by atoms with E-state index in [2.05, 4.69) is 56.9 Å². The molecule has 0 atom stereocenters. The van der Waals surface area contributed by atoms with Crippen LogP contribution in [0.2, 0.25) is 0 Å². The number of nitrogens with zero attached hydrogens (tertiary/aromatic N) is 2. The monoisotopic (exact) mass is 326 g/mol. The summed E-state index contributed by atoms with van der Waals surface area (Å²) in [4.78, 5) is 4.66. The molecule has 1 aromatic heterocycles. The largest absolute Gasteiger partial charge is 0.270 e. The summed E-state index contributed by atoms with van der Waals surface area (Å²) >= 11 is 5.35. The second kappa shape index (κ2) is 6.62. The second-order valence-corrected chi connectivity index (χ2v) is 6.30. The third-order valence-electron chi connectivity index (χ3n) is 3.00. The van der Waals surface area contributed by atoms with Crippen molar-refractivity contribution in [3.63, 3.8) is 0 Å². The molecule has 18 heavy (non-hydrogen) atoms. The second-order valence-electron chi connectivity index (χ2n) is 4.48. The first-order valence-electron chi connectivity index (χ1n) is 6.38. The van der Waals surface area contributed by atoms with Crippen molar-refractivity contribution in [3.8, 4) is 0 Å². The van der Waals surface area contributed by atoms with E-state index < -0.39 is 0 Å². The number of aromatic nitrogens is 2. The zero-order chi connectivity index (χ0) is 13.0. The van der Waals surface area contributed by atoms with E-state index in [-0.39, 0.29) is 0 Å². The molecular weight excluding hydrogens is 308 g/mol. The van der Waals surface area contributed by atoms with E-state index in [1.165, 1.54) is 30.3 Å². The number of fused-ring (bicyclic) bond motifs is 1. The van der Waals surface area contributed by atoms with Crippen LogP contribution < -0.4 is 0 Å². The van der Waals surface area contributed by atoms with Gasteiger partial charge in [0.1, 0.15) is 5.82 Å². The molecule has 0 unspecified atom stereocenters. The van der Waals surface area contributed by atoms with Gasteiger partial charge in [-0.25, -0.2) is 4.98 Å². The first-order valence-corrected chi connectivity index (χ1v) is 8.44. The van der Waals surface area contributed by atoms with Crippen LogP contribution in [-0.2, 0) is 0 Å². The zero-order valence-corrected chi connectivity index (χ0v) is 13.4. The quantitative estimate of drug-likeness (QED) is 0.565. The Hall–Kier alpha value is -0.480. The van der Waals surface area contributed by atoms with Crippen LogP contribution in [0.4, 0.5) is 0 Å². The van der Waals surface area contributed by atoms with Crippen LogP contribution in [0.3, 0.4) is 0 Å². The molecular formula is C14H19BrN2S. The van der Waals surface area contributed by atoms with E-state index in [9.17, 15) is 0 Å². The van der Waals surface area contributed by atoms with E-state index >= 15 is 0 Å². The minimum Gasteiger partial charge on any atom is -0.270 e. The molecule has 0 amide bonds. The summed E-state index contributed by atoms with van der Waals surface area (Å²) in [6.45, 7) is 4.21. The maximum atomic E-state index is 4.66. The summed E-state index contributed by atoms with van der Waals surface area (Å²) in [5.41, 5.74) is 3.65. The molecule has 0 aliphatic carbocycles. The van der Waals surface area contributed by atoms with E-state index in [0.29, 0.717) is 0 Å². The lowest BCUT2D eigenvalue weighted by atomic mass is 10.2. The van der Waals surface area contributed by atoms with Gasteiger partial charge in [-0.3, -0.25) is 3.97 Å². The van der Waals surface area contributed by atoms with Crippen LogP contribution in [0, 0.1) is 13.8 Å². The van der Waals surface area contributed by atoms with Crippen molar-refractivity contribution in [1.82, 2.24) is 8.96 Å². The summed E-state index contributed by atoms with van der Waals surface area (Å²) in [7, 11) is 0. The number of para-hydroxylation sites is 1. The number of alkyl halides is 1. The highest BCUT2D eigenvalue weighted by Crippen LogP contribution is 2.24. The maximum Gasteiger partial charge on any atom is 0.116 e. The molecule has 0 radical (unpaired) electrons. The van der Waals surface area contributed by atoms with Crippen LogP contribution in [0.1, 0.15) is 30.7 Å². The van der Waals surface area contributed by atoms with Crippen molar-refractivity contribution < 1.29 is 0 Å². The SMILES string of the molecule is Cc1cccc2c1nc(C)n2SCCCCCBr. The van der Waals surface area contributed by atoms with Crippen LogP contribution in [-0.4, -0.2) is 20.0 Å². The fraction of sp³-hybridized carbons (Fsp3) is 0.500. The first-order chi connectivity index (χ1) is 8.74. The van der Waals surface area contributed by atoms with Gasteiger partial charge < -0.3 is 0 Å². The van der Waals surface area contributed by atoms with Crippen LogP contribution in [0.25, 0.3) is 11.0 Å². The molecule has 2 rings (SSSR count). The van der Waals surface area contributed by atoms with Gasteiger partial charge >= 0.3 is 0 Å². The molecule has 4 heteroatoms. The number of hydrogen-bond acceptors (Lipinski definition) is 2. The third kappa shape index (κ3) is 3.09. The topological polar surface area (TPSA) is 17.8 Å². The molecule has 0 bridgehead atoms. The molecule has 0 saturated heterocycles. The van der Waals surface area contributed by atoms with Gasteiger partial charge in [-0.15, -0.1) is 0 Å². The van der Waals surface area contributed by atoms with Crippen molar-refractivity contribution in [2.45, 2.75) is 33.1 Å². The molecule has 2 aromatic rings. The van der Waals surface area contributed by atoms with Gasteiger partial charge in [0.25, 0.3) is 0 Å². The minimum absolute atomic E-state index is 1.10. The van der Waals surface area contributed by atoms with E-state index in [1.54, 1.807) is 0 Å². The predicted molar refractivity (Wildman–Crippen MR) is 84.7 cm³/mol. The molecule has 0 N–H and O–H groups in total. The van der Waals surface area contributed by atoms with Crippen LogP contribution in [0.15, 0.2) is 18.2 Å². The number of halogens is 1. The van der Waals surface area contributed by atoms with Gasteiger partial charge in [-0.2, -0.15) is 0 Å². The number of hydrogen-bond donors (Lipinski definition) is 0. The summed E-state index contributed by atoms with van der Waals surface area (Å²) in [6.07, 6.45) is 3.83.